The van der Waals surface area contributed by atoms with Gasteiger partial charge in [-0.15, -0.1) is 0 Å². The smallest absolute Gasteiger partial charge is 0.131 e. The first-order valence-corrected chi connectivity index (χ1v) is 6.64. The molecule has 1 aliphatic rings. The molecule has 0 aliphatic heterocycles. The van der Waals surface area contributed by atoms with E-state index in [9.17, 15) is 10.2 Å². The van der Waals surface area contributed by atoms with Gasteiger partial charge in [0.15, 0.2) is 0 Å². The fraction of sp³-hybridized carbons (Fsp3) is 0.571. The third kappa shape index (κ3) is 3.22. The number of hydrogen-bond donors (Lipinski definition) is 4. The topological polar surface area (TPSA) is 78.5 Å². The molecule has 1 aliphatic carbocycles. The zero-order chi connectivity index (χ0) is 13.0. The van der Waals surface area contributed by atoms with Crippen LogP contribution in [0.15, 0.2) is 18.2 Å². The summed E-state index contributed by atoms with van der Waals surface area (Å²) in [7, 11) is 0. The minimum absolute atomic E-state index is 0.0843. The third-order valence-electron chi connectivity index (χ3n) is 3.63. The number of aliphatic hydroxyl groups excluding tert-OH is 2. The Hall–Kier alpha value is -1.10. The molecule has 0 saturated heterocycles. The maximum atomic E-state index is 10.2. The van der Waals surface area contributed by atoms with E-state index in [1.807, 2.05) is 0 Å². The lowest BCUT2D eigenvalue weighted by atomic mass is 9.95. The molecule has 0 heterocycles. The van der Waals surface area contributed by atoms with Crippen molar-refractivity contribution in [1.82, 2.24) is 5.32 Å². The first-order valence-electron chi connectivity index (χ1n) is 6.64. The van der Waals surface area contributed by atoms with Crippen molar-refractivity contribution in [3.05, 3.63) is 29.3 Å². The fourth-order valence-electron chi connectivity index (χ4n) is 2.59. The van der Waals surface area contributed by atoms with Crippen molar-refractivity contribution < 1.29 is 10.2 Å². The Morgan fingerprint density at radius 2 is 2.00 bits per heavy atom. The molecule has 4 nitrogen and oxygen atoms in total. The van der Waals surface area contributed by atoms with Gasteiger partial charge in [0.25, 0.3) is 0 Å². The van der Waals surface area contributed by atoms with E-state index in [2.05, 4.69) is 5.32 Å². The zero-order valence-electron chi connectivity index (χ0n) is 10.6. The molecule has 1 atom stereocenters. The Morgan fingerprint density at radius 1 is 1.28 bits per heavy atom. The van der Waals surface area contributed by atoms with Crippen molar-refractivity contribution >= 4 is 5.69 Å². The van der Waals surface area contributed by atoms with Gasteiger partial charge in [0.1, 0.15) is 6.23 Å². The number of nitrogens with one attached hydrogen (secondary N) is 1. The van der Waals surface area contributed by atoms with Gasteiger partial charge in [0.05, 0.1) is 6.61 Å². The van der Waals surface area contributed by atoms with Crippen molar-refractivity contribution in [1.29, 1.82) is 0 Å². The normalized spacial score (nSPS) is 18.8. The number of aliphatic hydroxyl groups is 2. The summed E-state index contributed by atoms with van der Waals surface area (Å²) in [5.74, 6) is 0. The van der Waals surface area contributed by atoms with Gasteiger partial charge in [-0.25, -0.2) is 0 Å². The second kappa shape index (κ2) is 6.18. The summed E-state index contributed by atoms with van der Waals surface area (Å²) >= 11 is 0. The molecular formula is C14H22N2O2. The van der Waals surface area contributed by atoms with Crippen LogP contribution < -0.4 is 11.1 Å². The summed E-state index contributed by atoms with van der Waals surface area (Å²) in [5.41, 5.74) is 7.74. The minimum Gasteiger partial charge on any atom is -0.399 e. The molecule has 5 N–H and O–H groups in total. The minimum atomic E-state index is -0.751. The van der Waals surface area contributed by atoms with Gasteiger partial charge in [0, 0.05) is 17.3 Å². The van der Waals surface area contributed by atoms with Crippen molar-refractivity contribution in [2.45, 2.75) is 51.0 Å². The molecule has 0 amide bonds. The van der Waals surface area contributed by atoms with Gasteiger partial charge in [-0.05, 0) is 30.5 Å². The Morgan fingerprint density at radius 3 is 2.67 bits per heavy atom. The molecule has 0 bridgehead atoms. The van der Waals surface area contributed by atoms with Crippen molar-refractivity contribution in [3.8, 4) is 0 Å². The van der Waals surface area contributed by atoms with Crippen LogP contribution >= 0.6 is 0 Å². The molecular weight excluding hydrogens is 228 g/mol. The van der Waals surface area contributed by atoms with Crippen molar-refractivity contribution in [3.63, 3.8) is 0 Å². The molecule has 18 heavy (non-hydrogen) atoms. The summed E-state index contributed by atoms with van der Waals surface area (Å²) in [5, 5.41) is 22.7. The molecule has 0 radical (unpaired) electrons. The van der Waals surface area contributed by atoms with E-state index in [-0.39, 0.29) is 6.61 Å². The van der Waals surface area contributed by atoms with E-state index in [1.165, 1.54) is 19.3 Å². The summed E-state index contributed by atoms with van der Waals surface area (Å²) in [6.45, 7) is -0.0843. The van der Waals surface area contributed by atoms with Crippen LogP contribution in [0, 0.1) is 0 Å². The highest BCUT2D eigenvalue weighted by molar-refractivity contribution is 5.45. The van der Waals surface area contributed by atoms with Crippen LogP contribution in [0.25, 0.3) is 0 Å². The number of hydrogen-bond acceptors (Lipinski definition) is 4. The largest absolute Gasteiger partial charge is 0.399 e. The number of nitrogen functional groups attached to an aromatic ring is 1. The maximum absolute atomic E-state index is 10.2. The second-order valence-electron chi connectivity index (χ2n) is 5.02. The lowest BCUT2D eigenvalue weighted by Gasteiger charge is -2.27. The van der Waals surface area contributed by atoms with E-state index < -0.39 is 6.23 Å². The molecule has 1 unspecified atom stereocenters. The fourth-order valence-corrected chi connectivity index (χ4v) is 2.59. The molecule has 1 aromatic carbocycles. The van der Waals surface area contributed by atoms with Crippen molar-refractivity contribution in [2.24, 2.45) is 0 Å². The van der Waals surface area contributed by atoms with Crippen LogP contribution in [0.4, 0.5) is 5.69 Å². The van der Waals surface area contributed by atoms with E-state index in [0.717, 1.165) is 18.4 Å². The first-order chi connectivity index (χ1) is 8.70. The van der Waals surface area contributed by atoms with E-state index in [0.29, 0.717) is 17.3 Å². The van der Waals surface area contributed by atoms with E-state index in [1.54, 1.807) is 18.2 Å². The maximum Gasteiger partial charge on any atom is 0.131 e. The summed E-state index contributed by atoms with van der Waals surface area (Å²) in [6.07, 6.45) is 5.18. The Labute approximate surface area is 108 Å². The lowest BCUT2D eigenvalue weighted by molar-refractivity contribution is 0.111. The summed E-state index contributed by atoms with van der Waals surface area (Å²) in [6, 6.07) is 5.59. The van der Waals surface area contributed by atoms with Crippen LogP contribution in [-0.4, -0.2) is 16.3 Å². The third-order valence-corrected chi connectivity index (χ3v) is 3.63. The average molecular weight is 250 g/mol. The number of nitrogens with two attached hydrogens (primary N) is 1. The quantitative estimate of drug-likeness (QED) is 0.484. The van der Waals surface area contributed by atoms with Crippen LogP contribution in [0.1, 0.15) is 49.5 Å². The van der Waals surface area contributed by atoms with Crippen LogP contribution in [0.5, 0.6) is 0 Å². The lowest BCUT2D eigenvalue weighted by Crippen LogP contribution is -2.34. The van der Waals surface area contributed by atoms with E-state index in [4.69, 9.17) is 5.73 Å². The predicted octanol–water partition coefficient (Wildman–Crippen LogP) is 1.67. The average Bonchev–Trinajstić information content (AvgIpc) is 2.40. The van der Waals surface area contributed by atoms with Crippen molar-refractivity contribution in [2.75, 3.05) is 5.73 Å². The van der Waals surface area contributed by atoms with Gasteiger partial charge in [-0.2, -0.15) is 0 Å². The SMILES string of the molecule is Nc1ccc(CO)c(C(O)NC2CCCCC2)c1. The van der Waals surface area contributed by atoms with Crippen LogP contribution in [0.3, 0.4) is 0 Å². The highest BCUT2D eigenvalue weighted by Crippen LogP contribution is 2.23. The van der Waals surface area contributed by atoms with Gasteiger partial charge < -0.3 is 15.9 Å². The van der Waals surface area contributed by atoms with Gasteiger partial charge >= 0.3 is 0 Å². The monoisotopic (exact) mass is 250 g/mol. The second-order valence-corrected chi connectivity index (χ2v) is 5.02. The highest BCUT2D eigenvalue weighted by Gasteiger charge is 2.19. The highest BCUT2D eigenvalue weighted by atomic mass is 16.3. The van der Waals surface area contributed by atoms with Gasteiger partial charge in [-0.3, -0.25) is 5.32 Å². The van der Waals surface area contributed by atoms with Gasteiger partial charge in [-0.1, -0.05) is 25.3 Å². The van der Waals surface area contributed by atoms with E-state index >= 15 is 0 Å². The van der Waals surface area contributed by atoms with Gasteiger partial charge in [0.2, 0.25) is 0 Å². The molecule has 2 rings (SSSR count). The molecule has 0 spiro atoms. The molecule has 1 aromatic rings. The summed E-state index contributed by atoms with van der Waals surface area (Å²) < 4.78 is 0. The Kier molecular flexibility index (Phi) is 4.58. The number of benzene rings is 1. The number of rotatable bonds is 4. The Balaban J connectivity index is 2.07. The van der Waals surface area contributed by atoms with Crippen LogP contribution in [-0.2, 0) is 6.61 Å². The summed E-state index contributed by atoms with van der Waals surface area (Å²) in [4.78, 5) is 0. The molecule has 100 valence electrons. The zero-order valence-corrected chi connectivity index (χ0v) is 10.6. The van der Waals surface area contributed by atoms with Crippen LogP contribution in [0.2, 0.25) is 0 Å². The molecule has 4 heteroatoms. The molecule has 0 aromatic heterocycles. The Bertz CT molecular complexity index is 389. The first kappa shape index (κ1) is 13.3. The molecule has 1 saturated carbocycles. The number of anilines is 1. The predicted molar refractivity (Wildman–Crippen MR) is 71.7 cm³/mol. The molecule has 1 fully saturated rings. The standard InChI is InChI=1S/C14H22N2O2/c15-11-7-6-10(9-17)13(8-11)14(18)16-12-4-2-1-3-5-12/h6-8,12,14,16-18H,1-5,9,15H2.